The van der Waals surface area contributed by atoms with Gasteiger partial charge in [-0.1, -0.05) is 36.4 Å². The van der Waals surface area contributed by atoms with Crippen molar-refractivity contribution < 1.29 is 4.74 Å². The van der Waals surface area contributed by atoms with Crippen LogP contribution in [0.2, 0.25) is 0 Å². The number of nitrogens with one attached hydrogen (secondary N) is 1. The Hall–Kier alpha value is -1.50. The van der Waals surface area contributed by atoms with Gasteiger partial charge in [0.1, 0.15) is 0 Å². The molecule has 1 aromatic carbocycles. The number of ether oxygens (including phenoxy) is 1. The largest absolute Gasteiger partial charge is 0.373 e. The van der Waals surface area contributed by atoms with Gasteiger partial charge in [-0.15, -0.1) is 6.58 Å². The van der Waals surface area contributed by atoms with E-state index in [1.807, 2.05) is 24.9 Å². The minimum atomic E-state index is 0.265. The minimum Gasteiger partial charge on any atom is -0.373 e. The molecular weight excluding hydrogens is 344 g/mol. The average molecular weight is 375 g/mol. The molecule has 0 radical (unpaired) electrons. The molecule has 2 saturated heterocycles. The van der Waals surface area contributed by atoms with Gasteiger partial charge in [0.05, 0.1) is 18.8 Å². The van der Waals surface area contributed by atoms with Crippen LogP contribution in [0.4, 0.5) is 0 Å². The fourth-order valence-electron chi connectivity index (χ4n) is 3.68. The van der Waals surface area contributed by atoms with E-state index >= 15 is 0 Å². The molecule has 0 spiro atoms. The average Bonchev–Trinajstić information content (AvgIpc) is 3.11. The van der Waals surface area contributed by atoms with Crippen molar-refractivity contribution in [3.05, 3.63) is 48.6 Å². The van der Waals surface area contributed by atoms with Gasteiger partial charge in [0.2, 0.25) is 0 Å². The maximum Gasteiger partial charge on any atom is 0.193 e. The highest BCUT2D eigenvalue weighted by Gasteiger charge is 2.41. The fourth-order valence-corrected chi connectivity index (χ4v) is 4.26. The topological polar surface area (TPSA) is 40.1 Å². The van der Waals surface area contributed by atoms with Gasteiger partial charge < -0.3 is 15.0 Å². The minimum absolute atomic E-state index is 0.265. The normalized spacial score (nSPS) is 23.7. The van der Waals surface area contributed by atoms with Crippen LogP contribution in [0.5, 0.6) is 0 Å². The predicted octanol–water partition coefficient (Wildman–Crippen LogP) is 2.07. The highest BCUT2D eigenvalue weighted by atomic mass is 32.2. The lowest BCUT2D eigenvalue weighted by Gasteiger charge is -2.36. The van der Waals surface area contributed by atoms with Crippen molar-refractivity contribution in [2.75, 3.05) is 51.3 Å². The monoisotopic (exact) mass is 374 g/mol. The summed E-state index contributed by atoms with van der Waals surface area (Å²) >= 11 is 1.88. The van der Waals surface area contributed by atoms with Gasteiger partial charge in [-0.2, -0.15) is 11.8 Å². The highest BCUT2D eigenvalue weighted by molar-refractivity contribution is 7.99. The summed E-state index contributed by atoms with van der Waals surface area (Å²) < 4.78 is 6.07. The Balaban J connectivity index is 1.55. The van der Waals surface area contributed by atoms with Crippen LogP contribution in [-0.4, -0.2) is 79.2 Å². The van der Waals surface area contributed by atoms with Gasteiger partial charge in [-0.25, -0.2) is 0 Å². The Kier molecular flexibility index (Phi) is 7.41. The third-order valence-electron chi connectivity index (χ3n) is 4.92. The molecule has 2 unspecified atom stereocenters. The number of benzene rings is 1. The molecule has 1 aromatic rings. The molecule has 0 saturated carbocycles. The van der Waals surface area contributed by atoms with Crippen LogP contribution in [0.25, 0.3) is 0 Å². The molecule has 0 bridgehead atoms. The van der Waals surface area contributed by atoms with Gasteiger partial charge in [0, 0.05) is 51.3 Å². The molecule has 2 heterocycles. The first-order chi connectivity index (χ1) is 12.8. The van der Waals surface area contributed by atoms with E-state index in [0.29, 0.717) is 6.04 Å². The summed E-state index contributed by atoms with van der Waals surface area (Å²) in [5.41, 5.74) is 1.37. The number of rotatable bonds is 7. The maximum atomic E-state index is 6.07. The van der Waals surface area contributed by atoms with Gasteiger partial charge in [-0.3, -0.25) is 9.89 Å². The van der Waals surface area contributed by atoms with Gasteiger partial charge in [-0.05, 0) is 5.56 Å². The van der Waals surface area contributed by atoms with Gasteiger partial charge in [0.25, 0.3) is 0 Å². The zero-order valence-corrected chi connectivity index (χ0v) is 16.5. The molecular formula is C20H30N4OS. The second-order valence-electron chi connectivity index (χ2n) is 6.68. The summed E-state index contributed by atoms with van der Waals surface area (Å²) in [6.45, 7) is 9.36. The fraction of sp³-hybridized carbons (Fsp3) is 0.550. The molecule has 6 heteroatoms. The predicted molar refractivity (Wildman–Crippen MR) is 111 cm³/mol. The molecule has 3 rings (SSSR count). The molecule has 2 aliphatic rings. The van der Waals surface area contributed by atoms with E-state index in [0.717, 1.165) is 56.8 Å². The molecule has 2 fully saturated rings. The lowest BCUT2D eigenvalue weighted by atomic mass is 10.1. The Bertz CT molecular complexity index is 595. The van der Waals surface area contributed by atoms with E-state index in [2.05, 4.69) is 57.0 Å². The Labute approximate surface area is 161 Å². The lowest BCUT2D eigenvalue weighted by Crippen LogP contribution is -2.50. The van der Waals surface area contributed by atoms with Crippen LogP contribution in [0.3, 0.4) is 0 Å². The van der Waals surface area contributed by atoms with Gasteiger partial charge in [0.15, 0.2) is 5.96 Å². The molecule has 2 aliphatic heterocycles. The summed E-state index contributed by atoms with van der Waals surface area (Å²) in [6.07, 6.45) is 2.21. The maximum absolute atomic E-state index is 6.07. The molecule has 26 heavy (non-hydrogen) atoms. The molecule has 5 nitrogen and oxygen atoms in total. The van der Waals surface area contributed by atoms with Crippen LogP contribution < -0.4 is 5.32 Å². The van der Waals surface area contributed by atoms with E-state index < -0.39 is 0 Å². The SMILES string of the molecule is C=CCSCCNC(=NC)N1CC2OCCN(Cc3ccccc3)C2C1. The summed E-state index contributed by atoms with van der Waals surface area (Å²) in [5, 5.41) is 3.49. The Morgan fingerprint density at radius 1 is 1.38 bits per heavy atom. The number of likely N-dealkylation sites (tertiary alicyclic amines) is 1. The number of fused-ring (bicyclic) bond motifs is 1. The van der Waals surface area contributed by atoms with Crippen LogP contribution in [0.1, 0.15) is 5.56 Å². The molecule has 1 N–H and O–H groups in total. The van der Waals surface area contributed by atoms with Crippen LogP contribution in [0, 0.1) is 0 Å². The smallest absolute Gasteiger partial charge is 0.193 e. The Morgan fingerprint density at radius 2 is 2.23 bits per heavy atom. The van der Waals surface area contributed by atoms with Crippen molar-refractivity contribution in [1.82, 2.24) is 15.1 Å². The van der Waals surface area contributed by atoms with Crippen LogP contribution >= 0.6 is 11.8 Å². The molecule has 2 atom stereocenters. The third kappa shape index (κ3) is 5.02. The molecule has 0 aromatic heterocycles. The van der Waals surface area contributed by atoms with Crippen molar-refractivity contribution in [2.45, 2.75) is 18.7 Å². The number of nitrogens with zero attached hydrogens (tertiary/aromatic N) is 3. The number of thioether (sulfide) groups is 1. The number of morpholine rings is 1. The summed E-state index contributed by atoms with van der Waals surface area (Å²) in [4.78, 5) is 9.39. The first-order valence-corrected chi connectivity index (χ1v) is 10.5. The first kappa shape index (κ1) is 19.3. The second kappa shape index (κ2) is 10.00. The Morgan fingerprint density at radius 3 is 3.00 bits per heavy atom. The van der Waals surface area contributed by atoms with E-state index in [-0.39, 0.29) is 6.10 Å². The molecule has 0 aliphatic carbocycles. The number of hydrogen-bond acceptors (Lipinski definition) is 4. The molecule has 142 valence electrons. The highest BCUT2D eigenvalue weighted by Crippen LogP contribution is 2.24. The van der Waals surface area contributed by atoms with E-state index in [1.54, 1.807) is 0 Å². The van der Waals surface area contributed by atoms with E-state index in [4.69, 9.17) is 4.74 Å². The van der Waals surface area contributed by atoms with Crippen molar-refractivity contribution in [3.8, 4) is 0 Å². The summed E-state index contributed by atoms with van der Waals surface area (Å²) in [6, 6.07) is 11.1. The van der Waals surface area contributed by atoms with Crippen molar-refractivity contribution in [2.24, 2.45) is 4.99 Å². The number of aliphatic imine (C=N–C) groups is 1. The van der Waals surface area contributed by atoms with Gasteiger partial charge >= 0.3 is 0 Å². The standard InChI is InChI=1S/C20H30N4OS/c1-3-12-26-13-9-22-20(21-2)24-15-18-19(16-24)25-11-10-23(18)14-17-7-5-4-6-8-17/h3-8,18-19H,1,9-16H2,2H3,(H,21,22). The van der Waals surface area contributed by atoms with E-state index in [1.165, 1.54) is 5.56 Å². The number of guanidine groups is 1. The quantitative estimate of drug-likeness (QED) is 0.342. The van der Waals surface area contributed by atoms with Crippen LogP contribution in [0.15, 0.2) is 48.0 Å². The summed E-state index contributed by atoms with van der Waals surface area (Å²) in [5.74, 6) is 3.04. The number of hydrogen-bond donors (Lipinski definition) is 1. The lowest BCUT2D eigenvalue weighted by molar-refractivity contribution is -0.0502. The van der Waals surface area contributed by atoms with Crippen LogP contribution in [-0.2, 0) is 11.3 Å². The summed E-state index contributed by atoms with van der Waals surface area (Å²) in [7, 11) is 1.86. The van der Waals surface area contributed by atoms with E-state index in [9.17, 15) is 0 Å². The molecule has 0 amide bonds. The second-order valence-corrected chi connectivity index (χ2v) is 7.83. The van der Waals surface area contributed by atoms with Crippen molar-refractivity contribution in [1.29, 1.82) is 0 Å². The first-order valence-electron chi connectivity index (χ1n) is 9.35. The zero-order valence-electron chi connectivity index (χ0n) is 15.6. The van der Waals surface area contributed by atoms with Crippen molar-refractivity contribution in [3.63, 3.8) is 0 Å². The van der Waals surface area contributed by atoms with Crippen molar-refractivity contribution >= 4 is 17.7 Å². The third-order valence-corrected chi connectivity index (χ3v) is 5.89. The zero-order chi connectivity index (χ0) is 18.2.